The van der Waals surface area contributed by atoms with E-state index in [2.05, 4.69) is 21.7 Å². The first kappa shape index (κ1) is 19.4. The number of hydrogen-bond acceptors (Lipinski definition) is 6. The van der Waals surface area contributed by atoms with Crippen LogP contribution in [-0.4, -0.2) is 52.4 Å². The summed E-state index contributed by atoms with van der Waals surface area (Å²) in [4.78, 5) is 14.8. The molecule has 1 aromatic carbocycles. The Morgan fingerprint density at radius 3 is 2.57 bits per heavy atom. The summed E-state index contributed by atoms with van der Waals surface area (Å²) in [6, 6.07) is 9.01. The minimum absolute atomic E-state index is 0.0231. The van der Waals surface area contributed by atoms with Gasteiger partial charge in [-0.3, -0.25) is 4.79 Å². The Morgan fingerprint density at radius 2 is 1.96 bits per heavy atom. The topological polar surface area (TPSA) is 85.2 Å². The maximum absolute atomic E-state index is 13.1. The minimum atomic E-state index is -3.09. The van der Waals surface area contributed by atoms with Gasteiger partial charge in [-0.05, 0) is 38.3 Å². The number of para-hydroxylation sites is 1. The molecule has 1 aliphatic heterocycles. The van der Waals surface area contributed by atoms with Crippen LogP contribution in [0.1, 0.15) is 37.9 Å². The van der Waals surface area contributed by atoms with Crippen LogP contribution in [0.15, 0.2) is 35.5 Å². The van der Waals surface area contributed by atoms with E-state index in [0.717, 1.165) is 36.1 Å². The van der Waals surface area contributed by atoms with Crippen molar-refractivity contribution in [3.05, 3.63) is 36.2 Å². The van der Waals surface area contributed by atoms with Crippen LogP contribution in [0.25, 0.3) is 0 Å². The zero-order valence-electron chi connectivity index (χ0n) is 15.8. The molecular weight excluding hydrogens is 396 g/mol. The third-order valence-corrected chi connectivity index (χ3v) is 7.91. The molecule has 150 valence electrons. The average Bonchev–Trinajstić information content (AvgIpc) is 3.35. The van der Waals surface area contributed by atoms with Crippen molar-refractivity contribution in [2.75, 3.05) is 22.2 Å². The summed E-state index contributed by atoms with van der Waals surface area (Å²) in [5.74, 6) is 1.78. The van der Waals surface area contributed by atoms with E-state index in [1.54, 1.807) is 4.90 Å². The van der Waals surface area contributed by atoms with E-state index in [-0.39, 0.29) is 29.2 Å². The Kier molecular flexibility index (Phi) is 5.46. The van der Waals surface area contributed by atoms with Crippen LogP contribution in [0.5, 0.6) is 0 Å². The van der Waals surface area contributed by atoms with Crippen LogP contribution in [0.4, 0.5) is 5.69 Å². The highest BCUT2D eigenvalue weighted by Crippen LogP contribution is 2.40. The zero-order valence-corrected chi connectivity index (χ0v) is 17.5. The summed E-state index contributed by atoms with van der Waals surface area (Å²) < 4.78 is 26.0. The molecule has 2 aliphatic rings. The van der Waals surface area contributed by atoms with E-state index >= 15 is 0 Å². The highest BCUT2D eigenvalue weighted by Gasteiger charge is 2.36. The van der Waals surface area contributed by atoms with Crippen LogP contribution in [0.2, 0.25) is 0 Å². The van der Waals surface area contributed by atoms with Crippen LogP contribution in [0, 0.1) is 0 Å². The van der Waals surface area contributed by atoms with Gasteiger partial charge >= 0.3 is 0 Å². The molecule has 1 atom stereocenters. The number of rotatable bonds is 7. The summed E-state index contributed by atoms with van der Waals surface area (Å²) in [5.41, 5.74) is 0.742. The number of sulfone groups is 1. The Hall–Kier alpha value is -1.87. The van der Waals surface area contributed by atoms with Crippen LogP contribution in [0.3, 0.4) is 0 Å². The van der Waals surface area contributed by atoms with Gasteiger partial charge in [0, 0.05) is 18.2 Å². The normalized spacial score (nSPS) is 21.0. The van der Waals surface area contributed by atoms with Gasteiger partial charge in [0.25, 0.3) is 0 Å². The molecule has 7 nitrogen and oxygen atoms in total. The molecule has 1 saturated carbocycles. The molecule has 2 aromatic rings. The maximum atomic E-state index is 13.1. The third kappa shape index (κ3) is 4.10. The molecular formula is C19H24N4O3S2. The monoisotopic (exact) mass is 420 g/mol. The van der Waals surface area contributed by atoms with E-state index in [1.165, 1.54) is 11.8 Å². The Balaban J connectivity index is 1.52. The molecule has 28 heavy (non-hydrogen) atoms. The number of hydrogen-bond donors (Lipinski definition) is 0. The average molecular weight is 421 g/mol. The lowest BCUT2D eigenvalue weighted by atomic mass is 10.2. The highest BCUT2D eigenvalue weighted by atomic mass is 32.2. The second-order valence-electron chi connectivity index (χ2n) is 7.30. The van der Waals surface area contributed by atoms with E-state index in [9.17, 15) is 13.2 Å². The second kappa shape index (κ2) is 7.87. The smallest absolute Gasteiger partial charge is 0.237 e. The molecule has 1 amide bonds. The largest absolute Gasteiger partial charge is 0.308 e. The van der Waals surface area contributed by atoms with E-state index < -0.39 is 9.84 Å². The zero-order chi connectivity index (χ0) is 19.7. The number of amides is 1. The maximum Gasteiger partial charge on any atom is 0.237 e. The van der Waals surface area contributed by atoms with Crippen molar-refractivity contribution in [1.29, 1.82) is 0 Å². The standard InChI is InChI=1S/C19H24N4O3S2/c1-2-22-18(14-8-9-14)20-21-19(22)27-12-17(24)23(15-6-4-3-5-7-15)16-10-11-28(25,26)13-16/h3-7,14,16H,2,8-13H2,1H3. The fraction of sp³-hybridized carbons (Fsp3) is 0.526. The lowest BCUT2D eigenvalue weighted by molar-refractivity contribution is -0.116. The van der Waals surface area contributed by atoms with E-state index in [1.807, 2.05) is 30.3 Å². The second-order valence-corrected chi connectivity index (χ2v) is 10.5. The fourth-order valence-electron chi connectivity index (χ4n) is 3.67. The predicted octanol–water partition coefficient (Wildman–Crippen LogP) is 2.49. The summed E-state index contributed by atoms with van der Waals surface area (Å²) >= 11 is 1.38. The SMILES string of the molecule is CCn1c(SCC(=O)N(c2ccccc2)C2CCS(=O)(=O)C2)nnc1C1CC1. The molecule has 0 N–H and O–H groups in total. The predicted molar refractivity (Wildman–Crippen MR) is 109 cm³/mol. The van der Waals surface area contributed by atoms with Gasteiger partial charge in [0.15, 0.2) is 15.0 Å². The van der Waals surface area contributed by atoms with Crippen LogP contribution in [-0.2, 0) is 21.2 Å². The number of benzene rings is 1. The summed E-state index contributed by atoms with van der Waals surface area (Å²) in [7, 11) is -3.09. The number of aromatic nitrogens is 3. The fourth-order valence-corrected chi connectivity index (χ4v) is 6.24. The highest BCUT2D eigenvalue weighted by molar-refractivity contribution is 7.99. The van der Waals surface area contributed by atoms with Gasteiger partial charge in [0.05, 0.1) is 23.3 Å². The van der Waals surface area contributed by atoms with Crippen LogP contribution >= 0.6 is 11.8 Å². The van der Waals surface area contributed by atoms with Gasteiger partial charge < -0.3 is 9.47 Å². The van der Waals surface area contributed by atoms with Gasteiger partial charge in [-0.15, -0.1) is 10.2 Å². The summed E-state index contributed by atoms with van der Waals surface area (Å²) in [5, 5.41) is 9.35. The van der Waals surface area contributed by atoms with Gasteiger partial charge in [0.1, 0.15) is 5.82 Å². The number of anilines is 1. The lowest BCUT2D eigenvalue weighted by Crippen LogP contribution is -2.42. The Bertz CT molecular complexity index is 955. The molecule has 1 aliphatic carbocycles. The molecule has 9 heteroatoms. The van der Waals surface area contributed by atoms with Crippen molar-refractivity contribution in [2.45, 2.75) is 49.8 Å². The third-order valence-electron chi connectivity index (χ3n) is 5.21. The first-order valence-corrected chi connectivity index (χ1v) is 12.4. The quantitative estimate of drug-likeness (QED) is 0.640. The Morgan fingerprint density at radius 1 is 1.21 bits per heavy atom. The summed E-state index contributed by atoms with van der Waals surface area (Å²) in [6.07, 6.45) is 2.78. The molecule has 2 fully saturated rings. The Labute approximate surface area is 169 Å². The summed E-state index contributed by atoms with van der Waals surface area (Å²) in [6.45, 7) is 2.83. The number of thioether (sulfide) groups is 1. The molecule has 4 rings (SSSR count). The molecule has 0 radical (unpaired) electrons. The van der Waals surface area contributed by atoms with Gasteiger partial charge in [0.2, 0.25) is 5.91 Å². The lowest BCUT2D eigenvalue weighted by Gasteiger charge is -2.28. The number of carbonyl (C=O) groups excluding carboxylic acids is 1. The van der Waals surface area contributed by atoms with Crippen molar-refractivity contribution in [1.82, 2.24) is 14.8 Å². The van der Waals surface area contributed by atoms with Gasteiger partial charge in [-0.25, -0.2) is 8.42 Å². The van der Waals surface area contributed by atoms with Gasteiger partial charge in [-0.2, -0.15) is 0 Å². The molecule has 1 aromatic heterocycles. The minimum Gasteiger partial charge on any atom is -0.308 e. The van der Waals surface area contributed by atoms with Crippen molar-refractivity contribution in [3.8, 4) is 0 Å². The van der Waals surface area contributed by atoms with Gasteiger partial charge in [-0.1, -0.05) is 30.0 Å². The molecule has 1 saturated heterocycles. The molecule has 1 unspecified atom stereocenters. The number of carbonyl (C=O) groups is 1. The van der Waals surface area contributed by atoms with E-state index in [4.69, 9.17) is 0 Å². The van der Waals surface area contributed by atoms with E-state index in [0.29, 0.717) is 12.3 Å². The molecule has 0 bridgehead atoms. The molecule has 0 spiro atoms. The first-order valence-electron chi connectivity index (χ1n) is 9.62. The first-order chi connectivity index (χ1) is 13.5. The van der Waals surface area contributed by atoms with Crippen molar-refractivity contribution >= 4 is 33.2 Å². The number of nitrogens with zero attached hydrogens (tertiary/aromatic N) is 4. The molecule has 2 heterocycles. The van der Waals surface area contributed by atoms with Crippen molar-refractivity contribution in [2.24, 2.45) is 0 Å². The van der Waals surface area contributed by atoms with Crippen LogP contribution < -0.4 is 4.90 Å². The van der Waals surface area contributed by atoms with Crippen molar-refractivity contribution < 1.29 is 13.2 Å². The van der Waals surface area contributed by atoms with Crippen molar-refractivity contribution in [3.63, 3.8) is 0 Å².